The summed E-state index contributed by atoms with van der Waals surface area (Å²) in [4.78, 5) is 0. The van der Waals surface area contributed by atoms with Gasteiger partial charge in [0.25, 0.3) is 0 Å². The molecule has 0 saturated carbocycles. The lowest BCUT2D eigenvalue weighted by molar-refractivity contribution is 0.0330. The number of fused-ring (bicyclic) bond motifs is 2. The van der Waals surface area contributed by atoms with Crippen molar-refractivity contribution in [1.29, 1.82) is 0 Å². The van der Waals surface area contributed by atoms with Gasteiger partial charge in [-0.05, 0) is 31.6 Å². The number of hydrogen-bond donors (Lipinski definition) is 1. The van der Waals surface area contributed by atoms with E-state index in [4.69, 9.17) is 4.74 Å². The van der Waals surface area contributed by atoms with E-state index in [1.54, 1.807) is 0 Å². The zero-order valence-electron chi connectivity index (χ0n) is 8.57. The van der Waals surface area contributed by atoms with E-state index in [0.29, 0.717) is 24.0 Å². The van der Waals surface area contributed by atoms with Crippen LogP contribution in [0.15, 0.2) is 0 Å². The molecule has 0 aliphatic carbocycles. The van der Waals surface area contributed by atoms with Crippen LogP contribution in [-0.2, 0) is 4.74 Å². The summed E-state index contributed by atoms with van der Waals surface area (Å²) in [5.41, 5.74) is 0. The van der Waals surface area contributed by atoms with Crippen LogP contribution in [0, 0.1) is 11.8 Å². The van der Waals surface area contributed by atoms with Gasteiger partial charge in [0.05, 0.1) is 18.3 Å². The largest absolute Gasteiger partial charge is 0.393 e. The van der Waals surface area contributed by atoms with Crippen LogP contribution in [-0.4, -0.2) is 23.4 Å². The number of aliphatic hydroxyl groups excluding tert-OH is 1. The van der Waals surface area contributed by atoms with Crippen LogP contribution in [0.2, 0.25) is 0 Å². The number of hydrogen-bond acceptors (Lipinski definition) is 2. The third-order valence-electron chi connectivity index (χ3n) is 3.36. The highest BCUT2D eigenvalue weighted by atomic mass is 16.5. The van der Waals surface area contributed by atoms with Gasteiger partial charge >= 0.3 is 0 Å². The fourth-order valence-electron chi connectivity index (χ4n) is 2.74. The van der Waals surface area contributed by atoms with Crippen LogP contribution in [0.4, 0.5) is 0 Å². The Morgan fingerprint density at radius 3 is 2.62 bits per heavy atom. The van der Waals surface area contributed by atoms with Gasteiger partial charge in [-0.15, -0.1) is 0 Å². The Kier molecular flexibility index (Phi) is 2.61. The summed E-state index contributed by atoms with van der Waals surface area (Å²) in [6.07, 6.45) is 5.13. The van der Waals surface area contributed by atoms with Crippen molar-refractivity contribution in [3.05, 3.63) is 0 Å². The first-order valence-electron chi connectivity index (χ1n) is 5.50. The van der Waals surface area contributed by atoms with Gasteiger partial charge in [0.15, 0.2) is 0 Å². The molecule has 2 saturated heterocycles. The molecular weight excluding hydrogens is 164 g/mol. The Bertz CT molecular complexity index is 179. The summed E-state index contributed by atoms with van der Waals surface area (Å²) in [6, 6.07) is 0. The van der Waals surface area contributed by atoms with E-state index < -0.39 is 0 Å². The second kappa shape index (κ2) is 3.58. The van der Waals surface area contributed by atoms with Gasteiger partial charge in [0.2, 0.25) is 0 Å². The van der Waals surface area contributed by atoms with Crippen LogP contribution in [0.25, 0.3) is 0 Å². The quantitative estimate of drug-likeness (QED) is 0.726. The average Bonchev–Trinajstić information content (AvgIpc) is 2.62. The first-order chi connectivity index (χ1) is 6.16. The Hall–Kier alpha value is -0.0800. The zero-order valence-corrected chi connectivity index (χ0v) is 8.57. The van der Waals surface area contributed by atoms with Crippen molar-refractivity contribution < 1.29 is 9.84 Å². The standard InChI is InChI=1S/C11H20O2/c1-7(2)5-10(12)9-6-8-3-4-11(9)13-8/h7-12H,3-6H2,1-2H3. The maximum Gasteiger partial charge on any atom is 0.0633 e. The second-order valence-electron chi connectivity index (χ2n) is 4.97. The molecule has 2 aliphatic heterocycles. The highest BCUT2D eigenvalue weighted by Gasteiger charge is 2.43. The first kappa shape index (κ1) is 9.47. The van der Waals surface area contributed by atoms with Gasteiger partial charge in [0.1, 0.15) is 0 Å². The van der Waals surface area contributed by atoms with E-state index >= 15 is 0 Å². The summed E-state index contributed by atoms with van der Waals surface area (Å²) in [5.74, 6) is 1.02. The minimum atomic E-state index is -0.129. The lowest BCUT2D eigenvalue weighted by Gasteiger charge is -2.25. The van der Waals surface area contributed by atoms with Crippen LogP contribution in [0.3, 0.4) is 0 Å². The zero-order chi connectivity index (χ0) is 9.42. The Balaban J connectivity index is 1.87. The topological polar surface area (TPSA) is 29.5 Å². The predicted octanol–water partition coefficient (Wildman–Crippen LogP) is 1.96. The molecule has 13 heavy (non-hydrogen) atoms. The maximum atomic E-state index is 9.96. The molecule has 76 valence electrons. The number of rotatable bonds is 3. The molecule has 0 aromatic rings. The molecule has 2 rings (SSSR count). The van der Waals surface area contributed by atoms with Crippen molar-refractivity contribution in [3.63, 3.8) is 0 Å². The summed E-state index contributed by atoms with van der Waals surface area (Å²) in [5, 5.41) is 9.96. The first-order valence-corrected chi connectivity index (χ1v) is 5.50. The normalized spacial score (nSPS) is 40.2. The number of ether oxygens (including phenoxy) is 1. The molecule has 2 fully saturated rings. The van der Waals surface area contributed by atoms with E-state index in [9.17, 15) is 5.11 Å². The van der Waals surface area contributed by atoms with E-state index in [1.165, 1.54) is 12.8 Å². The molecule has 0 aromatic heterocycles. The van der Waals surface area contributed by atoms with Gasteiger partial charge in [-0.2, -0.15) is 0 Å². The molecule has 0 aromatic carbocycles. The molecule has 1 N–H and O–H groups in total. The molecule has 4 atom stereocenters. The summed E-state index contributed by atoms with van der Waals surface area (Å²) in [7, 11) is 0. The highest BCUT2D eigenvalue weighted by molar-refractivity contribution is 4.92. The molecule has 0 radical (unpaired) electrons. The fourth-order valence-corrected chi connectivity index (χ4v) is 2.74. The van der Waals surface area contributed by atoms with Crippen molar-refractivity contribution in [2.24, 2.45) is 11.8 Å². The third kappa shape index (κ3) is 1.89. The Morgan fingerprint density at radius 1 is 1.38 bits per heavy atom. The molecular formula is C11H20O2. The highest BCUT2D eigenvalue weighted by Crippen LogP contribution is 2.41. The van der Waals surface area contributed by atoms with Crippen molar-refractivity contribution in [2.75, 3.05) is 0 Å². The number of aliphatic hydroxyl groups is 1. The van der Waals surface area contributed by atoms with Crippen LogP contribution < -0.4 is 0 Å². The van der Waals surface area contributed by atoms with E-state index in [1.807, 2.05) is 0 Å². The summed E-state index contributed by atoms with van der Waals surface area (Å²) < 4.78 is 5.73. The summed E-state index contributed by atoms with van der Waals surface area (Å²) in [6.45, 7) is 4.33. The maximum absolute atomic E-state index is 9.96. The molecule has 2 bridgehead atoms. The van der Waals surface area contributed by atoms with Crippen LogP contribution in [0.5, 0.6) is 0 Å². The van der Waals surface area contributed by atoms with Crippen molar-refractivity contribution in [1.82, 2.24) is 0 Å². The monoisotopic (exact) mass is 184 g/mol. The lowest BCUT2D eigenvalue weighted by atomic mass is 9.82. The Morgan fingerprint density at radius 2 is 2.15 bits per heavy atom. The lowest BCUT2D eigenvalue weighted by Crippen LogP contribution is -2.30. The third-order valence-corrected chi connectivity index (χ3v) is 3.36. The molecule has 2 heteroatoms. The van der Waals surface area contributed by atoms with Gasteiger partial charge in [-0.25, -0.2) is 0 Å². The molecule has 0 amide bonds. The fraction of sp³-hybridized carbons (Fsp3) is 1.00. The van der Waals surface area contributed by atoms with Crippen LogP contribution in [0.1, 0.15) is 39.5 Å². The molecule has 4 unspecified atom stereocenters. The predicted molar refractivity (Wildman–Crippen MR) is 51.5 cm³/mol. The van der Waals surface area contributed by atoms with Crippen molar-refractivity contribution in [3.8, 4) is 0 Å². The van der Waals surface area contributed by atoms with Gasteiger partial charge in [-0.3, -0.25) is 0 Å². The van der Waals surface area contributed by atoms with Crippen LogP contribution >= 0.6 is 0 Å². The summed E-state index contributed by atoms with van der Waals surface area (Å²) >= 11 is 0. The second-order valence-corrected chi connectivity index (χ2v) is 4.97. The minimum Gasteiger partial charge on any atom is -0.393 e. The SMILES string of the molecule is CC(C)CC(O)C1CC2CCC1O2. The van der Waals surface area contributed by atoms with Gasteiger partial charge in [-0.1, -0.05) is 13.8 Å². The minimum absolute atomic E-state index is 0.129. The van der Waals surface area contributed by atoms with Gasteiger partial charge < -0.3 is 9.84 Å². The van der Waals surface area contributed by atoms with E-state index in [-0.39, 0.29) is 6.10 Å². The average molecular weight is 184 g/mol. The van der Waals surface area contributed by atoms with Crippen molar-refractivity contribution in [2.45, 2.75) is 57.8 Å². The van der Waals surface area contributed by atoms with Gasteiger partial charge in [0, 0.05) is 5.92 Å². The molecule has 2 nitrogen and oxygen atoms in total. The van der Waals surface area contributed by atoms with E-state index in [2.05, 4.69) is 13.8 Å². The molecule has 0 spiro atoms. The molecule has 2 heterocycles. The van der Waals surface area contributed by atoms with Crippen molar-refractivity contribution >= 4 is 0 Å². The smallest absolute Gasteiger partial charge is 0.0633 e. The van der Waals surface area contributed by atoms with E-state index in [0.717, 1.165) is 12.8 Å². The Labute approximate surface area is 80.3 Å². The molecule has 2 aliphatic rings.